The summed E-state index contributed by atoms with van der Waals surface area (Å²) in [4.78, 5) is 9.91. The van der Waals surface area contributed by atoms with Crippen LogP contribution in [-0.2, 0) is 19.6 Å². The van der Waals surface area contributed by atoms with Crippen LogP contribution in [0, 0.1) is 6.92 Å². The predicted octanol–water partition coefficient (Wildman–Crippen LogP) is 2.85. The van der Waals surface area contributed by atoms with Crippen LogP contribution >= 0.6 is 0 Å². The fraction of sp³-hybridized carbons (Fsp3) is 0.471. The highest BCUT2D eigenvalue weighted by atomic mass is 15.1. The van der Waals surface area contributed by atoms with Gasteiger partial charge in [0.1, 0.15) is 5.82 Å². The van der Waals surface area contributed by atoms with Gasteiger partial charge in [0.2, 0.25) is 0 Å². The Morgan fingerprint density at radius 1 is 1.10 bits per heavy atom. The van der Waals surface area contributed by atoms with E-state index < -0.39 is 0 Å². The first kappa shape index (κ1) is 15.7. The molecule has 2 rings (SSSR count). The number of imidazole rings is 1. The van der Waals surface area contributed by atoms with E-state index in [-0.39, 0.29) is 0 Å². The van der Waals surface area contributed by atoms with Crippen LogP contribution in [0.15, 0.2) is 30.5 Å². The third-order valence-corrected chi connectivity index (χ3v) is 3.79. The molecule has 0 aliphatic heterocycles. The summed E-state index contributed by atoms with van der Waals surface area (Å²) in [6.07, 6.45) is 1.89. The summed E-state index contributed by atoms with van der Waals surface area (Å²) in [7, 11) is 0. The molecule has 1 aromatic carbocycles. The Morgan fingerprint density at radius 3 is 2.43 bits per heavy atom. The lowest BCUT2D eigenvalue weighted by Crippen LogP contribution is -2.23. The number of benzene rings is 1. The van der Waals surface area contributed by atoms with Crippen LogP contribution in [0.1, 0.15) is 36.5 Å². The van der Waals surface area contributed by atoms with Crippen LogP contribution in [0.2, 0.25) is 0 Å². The van der Waals surface area contributed by atoms with Gasteiger partial charge in [-0.3, -0.25) is 4.90 Å². The molecule has 0 saturated heterocycles. The number of hydrogen-bond donors (Lipinski definition) is 2. The molecule has 1 heterocycles. The minimum absolute atomic E-state index is 0.820. The van der Waals surface area contributed by atoms with Gasteiger partial charge in [-0.2, -0.15) is 0 Å². The third-order valence-electron chi connectivity index (χ3n) is 3.79. The summed E-state index contributed by atoms with van der Waals surface area (Å²) >= 11 is 0. The van der Waals surface area contributed by atoms with Crippen molar-refractivity contribution in [3.8, 4) is 0 Å². The summed E-state index contributed by atoms with van der Waals surface area (Å²) in [5.41, 5.74) is 3.92. The summed E-state index contributed by atoms with van der Waals surface area (Å²) in [5, 5.41) is 3.49. The average molecular weight is 286 g/mol. The minimum Gasteiger partial charge on any atom is -0.345 e. The molecule has 0 unspecified atom stereocenters. The van der Waals surface area contributed by atoms with Crippen molar-refractivity contribution in [2.75, 3.05) is 13.1 Å². The van der Waals surface area contributed by atoms with Gasteiger partial charge in [-0.25, -0.2) is 4.98 Å². The van der Waals surface area contributed by atoms with E-state index in [1.807, 2.05) is 13.1 Å². The Labute approximate surface area is 127 Å². The molecule has 2 aromatic rings. The molecule has 0 bridgehead atoms. The first-order chi connectivity index (χ1) is 10.2. The van der Waals surface area contributed by atoms with Crippen molar-refractivity contribution in [2.45, 2.75) is 40.4 Å². The molecule has 1 aromatic heterocycles. The van der Waals surface area contributed by atoms with Crippen molar-refractivity contribution in [3.05, 3.63) is 53.1 Å². The Morgan fingerprint density at radius 2 is 1.81 bits per heavy atom. The first-order valence-corrected chi connectivity index (χ1v) is 7.73. The van der Waals surface area contributed by atoms with Crippen LogP contribution in [0.5, 0.6) is 0 Å². The van der Waals surface area contributed by atoms with E-state index in [9.17, 15) is 0 Å². The largest absolute Gasteiger partial charge is 0.345 e. The van der Waals surface area contributed by atoms with Crippen LogP contribution in [0.25, 0.3) is 0 Å². The topological polar surface area (TPSA) is 44.0 Å². The Hall–Kier alpha value is -1.65. The van der Waals surface area contributed by atoms with Crippen molar-refractivity contribution in [1.29, 1.82) is 0 Å². The van der Waals surface area contributed by atoms with Gasteiger partial charge in [0, 0.05) is 31.5 Å². The molecule has 0 saturated carbocycles. The third kappa shape index (κ3) is 4.69. The second-order valence-electron chi connectivity index (χ2n) is 5.33. The predicted molar refractivity (Wildman–Crippen MR) is 86.9 cm³/mol. The van der Waals surface area contributed by atoms with Gasteiger partial charge < -0.3 is 10.3 Å². The summed E-state index contributed by atoms with van der Waals surface area (Å²) in [6.45, 7) is 11.3. The highest BCUT2D eigenvalue weighted by molar-refractivity contribution is 5.27. The van der Waals surface area contributed by atoms with Gasteiger partial charge in [-0.1, -0.05) is 38.1 Å². The summed E-state index contributed by atoms with van der Waals surface area (Å²) in [6, 6.07) is 8.68. The second kappa shape index (κ2) is 7.96. The van der Waals surface area contributed by atoms with Gasteiger partial charge in [0.15, 0.2) is 0 Å². The maximum atomic E-state index is 4.22. The Bertz CT molecular complexity index is 543. The highest BCUT2D eigenvalue weighted by Gasteiger charge is 2.06. The van der Waals surface area contributed by atoms with Gasteiger partial charge in [-0.05, 0) is 31.1 Å². The molecule has 0 amide bonds. The molecule has 0 fully saturated rings. The molecule has 114 valence electrons. The van der Waals surface area contributed by atoms with E-state index in [2.05, 4.69) is 58.3 Å². The molecule has 0 radical (unpaired) electrons. The van der Waals surface area contributed by atoms with E-state index in [0.717, 1.165) is 44.2 Å². The van der Waals surface area contributed by atoms with Crippen LogP contribution in [0.3, 0.4) is 0 Å². The van der Waals surface area contributed by atoms with Gasteiger partial charge in [0.25, 0.3) is 0 Å². The molecular formula is C17H26N4. The lowest BCUT2D eigenvalue weighted by Gasteiger charge is -2.20. The molecule has 4 heteroatoms. The monoisotopic (exact) mass is 286 g/mol. The number of nitrogens with one attached hydrogen (secondary N) is 2. The van der Waals surface area contributed by atoms with Crippen LogP contribution < -0.4 is 5.32 Å². The smallest absolute Gasteiger partial charge is 0.103 e. The maximum absolute atomic E-state index is 4.22. The fourth-order valence-corrected chi connectivity index (χ4v) is 2.47. The molecule has 0 aliphatic carbocycles. The van der Waals surface area contributed by atoms with Gasteiger partial charge in [0.05, 0.1) is 0 Å². The average Bonchev–Trinajstić information content (AvgIpc) is 2.91. The Balaban J connectivity index is 1.93. The highest BCUT2D eigenvalue weighted by Crippen LogP contribution is 2.12. The number of aromatic nitrogens is 2. The molecule has 0 aliphatic rings. The van der Waals surface area contributed by atoms with Crippen molar-refractivity contribution < 1.29 is 0 Å². The zero-order valence-electron chi connectivity index (χ0n) is 13.3. The molecular weight excluding hydrogens is 260 g/mol. The number of H-pyrrole nitrogens is 1. The van der Waals surface area contributed by atoms with E-state index >= 15 is 0 Å². The zero-order valence-corrected chi connectivity index (χ0v) is 13.3. The van der Waals surface area contributed by atoms with E-state index in [0.29, 0.717) is 0 Å². The number of nitrogens with zero attached hydrogens (tertiary/aromatic N) is 2. The quantitative estimate of drug-likeness (QED) is 0.784. The molecule has 0 spiro atoms. The first-order valence-electron chi connectivity index (χ1n) is 7.73. The van der Waals surface area contributed by atoms with Gasteiger partial charge >= 0.3 is 0 Å². The summed E-state index contributed by atoms with van der Waals surface area (Å²) < 4.78 is 0. The van der Waals surface area contributed by atoms with E-state index in [1.54, 1.807) is 0 Å². The molecule has 4 nitrogen and oxygen atoms in total. The number of hydrogen-bond acceptors (Lipinski definition) is 3. The zero-order chi connectivity index (χ0) is 15.1. The van der Waals surface area contributed by atoms with E-state index in [1.165, 1.54) is 11.1 Å². The SMILES string of the molecule is CCN(CC)Cc1ccccc1CNCc1cnc(C)[nH]1. The van der Waals surface area contributed by atoms with Crippen molar-refractivity contribution >= 4 is 0 Å². The molecule has 2 N–H and O–H groups in total. The lowest BCUT2D eigenvalue weighted by molar-refractivity contribution is 0.294. The molecule has 0 atom stereocenters. The minimum atomic E-state index is 0.820. The van der Waals surface area contributed by atoms with Crippen molar-refractivity contribution in [3.63, 3.8) is 0 Å². The fourth-order valence-electron chi connectivity index (χ4n) is 2.47. The van der Waals surface area contributed by atoms with Crippen LogP contribution in [0.4, 0.5) is 0 Å². The maximum Gasteiger partial charge on any atom is 0.103 e. The number of rotatable bonds is 8. The normalized spacial score (nSPS) is 11.2. The lowest BCUT2D eigenvalue weighted by atomic mass is 10.1. The number of aromatic amines is 1. The number of aryl methyl sites for hydroxylation is 1. The van der Waals surface area contributed by atoms with Gasteiger partial charge in [-0.15, -0.1) is 0 Å². The standard InChI is InChI=1S/C17H26N4/c1-4-21(5-2)13-16-9-7-6-8-15(16)10-18-11-17-12-19-14(3)20-17/h6-9,12,18H,4-5,10-11,13H2,1-3H3,(H,19,20). The molecule has 21 heavy (non-hydrogen) atoms. The summed E-state index contributed by atoms with van der Waals surface area (Å²) in [5.74, 6) is 0.966. The van der Waals surface area contributed by atoms with Crippen molar-refractivity contribution in [1.82, 2.24) is 20.2 Å². The van der Waals surface area contributed by atoms with Crippen molar-refractivity contribution in [2.24, 2.45) is 0 Å². The van der Waals surface area contributed by atoms with E-state index in [4.69, 9.17) is 0 Å². The second-order valence-corrected chi connectivity index (χ2v) is 5.33. The van der Waals surface area contributed by atoms with Crippen LogP contribution in [-0.4, -0.2) is 28.0 Å². The Kier molecular flexibility index (Phi) is 5.96.